The van der Waals surface area contributed by atoms with Gasteiger partial charge in [-0.1, -0.05) is 34.8 Å². The van der Waals surface area contributed by atoms with E-state index >= 15 is 0 Å². The predicted molar refractivity (Wildman–Crippen MR) is 70.6 cm³/mol. The van der Waals surface area contributed by atoms with Gasteiger partial charge in [0.25, 0.3) is 0 Å². The van der Waals surface area contributed by atoms with Crippen LogP contribution in [0.25, 0.3) is 11.3 Å². The third-order valence-electron chi connectivity index (χ3n) is 2.38. The lowest BCUT2D eigenvalue weighted by atomic mass is 10.1. The topological polar surface area (TPSA) is 33.1 Å². The highest BCUT2D eigenvalue weighted by atomic mass is 35.5. The van der Waals surface area contributed by atoms with E-state index in [-0.39, 0.29) is 22.3 Å². The second kappa shape index (κ2) is 5.41. The van der Waals surface area contributed by atoms with Crippen molar-refractivity contribution in [2.45, 2.75) is 6.61 Å². The summed E-state index contributed by atoms with van der Waals surface area (Å²) in [6, 6.07) is 5.55. The second-order valence-electron chi connectivity index (χ2n) is 3.55. The molecule has 0 bridgehead atoms. The molecule has 2 rings (SSSR count). The first-order valence-electron chi connectivity index (χ1n) is 4.94. The number of halogens is 4. The number of nitrogens with zero attached hydrogens (tertiary/aromatic N) is 1. The molecule has 1 aromatic carbocycles. The number of pyridine rings is 1. The number of aliphatic hydroxyl groups excluding tert-OH is 1. The van der Waals surface area contributed by atoms with Crippen LogP contribution in [0.1, 0.15) is 5.56 Å². The van der Waals surface area contributed by atoms with E-state index in [1.165, 1.54) is 24.3 Å². The Morgan fingerprint density at radius 2 is 1.72 bits per heavy atom. The zero-order valence-corrected chi connectivity index (χ0v) is 11.2. The summed E-state index contributed by atoms with van der Waals surface area (Å²) in [7, 11) is 0. The molecule has 0 atom stereocenters. The van der Waals surface area contributed by atoms with Crippen molar-refractivity contribution in [2.75, 3.05) is 0 Å². The van der Waals surface area contributed by atoms with Crippen molar-refractivity contribution >= 4 is 34.8 Å². The van der Waals surface area contributed by atoms with Crippen molar-refractivity contribution in [1.82, 2.24) is 4.98 Å². The number of aliphatic hydroxyl groups is 1. The Morgan fingerprint density at radius 3 is 2.39 bits per heavy atom. The van der Waals surface area contributed by atoms with Gasteiger partial charge in [-0.15, -0.1) is 0 Å². The molecule has 0 saturated carbocycles. The highest BCUT2D eigenvalue weighted by Gasteiger charge is 2.13. The quantitative estimate of drug-likeness (QED) is 0.661. The van der Waals surface area contributed by atoms with Crippen LogP contribution in [0.15, 0.2) is 24.3 Å². The van der Waals surface area contributed by atoms with Crippen molar-refractivity contribution in [1.29, 1.82) is 0 Å². The third kappa shape index (κ3) is 2.59. The smallest absolute Gasteiger partial charge is 0.213 e. The normalized spacial score (nSPS) is 10.7. The van der Waals surface area contributed by atoms with Gasteiger partial charge in [0.15, 0.2) is 0 Å². The summed E-state index contributed by atoms with van der Waals surface area (Å²) in [5.41, 5.74) is 1.13. The lowest BCUT2D eigenvalue weighted by Crippen LogP contribution is -1.96. The van der Waals surface area contributed by atoms with Crippen LogP contribution in [-0.2, 0) is 6.61 Å². The van der Waals surface area contributed by atoms with Gasteiger partial charge < -0.3 is 5.11 Å². The summed E-state index contributed by atoms with van der Waals surface area (Å²) in [5.74, 6) is -0.663. The van der Waals surface area contributed by atoms with Gasteiger partial charge in [0.1, 0.15) is 0 Å². The van der Waals surface area contributed by atoms with Crippen LogP contribution < -0.4 is 0 Å². The molecule has 0 aliphatic heterocycles. The minimum absolute atomic E-state index is 0.251. The van der Waals surface area contributed by atoms with E-state index in [2.05, 4.69) is 4.98 Å². The lowest BCUT2D eigenvalue weighted by molar-refractivity contribution is 0.281. The first-order valence-corrected chi connectivity index (χ1v) is 6.07. The molecule has 0 spiro atoms. The molecule has 0 aliphatic carbocycles. The molecule has 1 N–H and O–H groups in total. The van der Waals surface area contributed by atoms with E-state index in [9.17, 15) is 9.50 Å². The summed E-state index contributed by atoms with van der Waals surface area (Å²) in [6.07, 6.45) is 0. The van der Waals surface area contributed by atoms with Crippen molar-refractivity contribution in [3.05, 3.63) is 50.8 Å². The van der Waals surface area contributed by atoms with E-state index in [0.29, 0.717) is 16.1 Å². The van der Waals surface area contributed by atoms with E-state index in [1.54, 1.807) is 0 Å². The molecule has 0 unspecified atom stereocenters. The number of hydrogen-bond acceptors (Lipinski definition) is 2. The van der Waals surface area contributed by atoms with Crippen LogP contribution in [0, 0.1) is 5.95 Å². The molecule has 18 heavy (non-hydrogen) atoms. The molecule has 0 amide bonds. The Bertz CT molecular complexity index is 604. The van der Waals surface area contributed by atoms with E-state index in [0.717, 1.165) is 0 Å². The first-order chi connectivity index (χ1) is 8.52. The SMILES string of the molecule is OCc1ccc(F)nc1-c1cc(Cl)c(Cl)cc1Cl. The van der Waals surface area contributed by atoms with Crippen molar-refractivity contribution in [3.8, 4) is 11.3 Å². The molecule has 2 aromatic rings. The van der Waals surface area contributed by atoms with Gasteiger partial charge in [-0.05, 0) is 24.3 Å². The minimum Gasteiger partial charge on any atom is -0.392 e. The minimum atomic E-state index is -0.663. The fourth-order valence-electron chi connectivity index (χ4n) is 1.53. The Labute approximate surface area is 118 Å². The maximum Gasteiger partial charge on any atom is 0.213 e. The monoisotopic (exact) mass is 305 g/mol. The van der Waals surface area contributed by atoms with Gasteiger partial charge in [0.2, 0.25) is 5.95 Å². The third-order valence-corrected chi connectivity index (χ3v) is 3.42. The van der Waals surface area contributed by atoms with E-state index < -0.39 is 5.95 Å². The number of benzene rings is 1. The molecule has 0 saturated heterocycles. The van der Waals surface area contributed by atoms with Crippen LogP contribution in [0.2, 0.25) is 15.1 Å². The summed E-state index contributed by atoms with van der Waals surface area (Å²) in [4.78, 5) is 3.73. The Kier molecular flexibility index (Phi) is 4.07. The van der Waals surface area contributed by atoms with Crippen LogP contribution in [0.4, 0.5) is 4.39 Å². The molecule has 94 valence electrons. The number of aromatic nitrogens is 1. The highest BCUT2D eigenvalue weighted by molar-refractivity contribution is 6.44. The van der Waals surface area contributed by atoms with Gasteiger partial charge >= 0.3 is 0 Å². The fourth-order valence-corrected chi connectivity index (χ4v) is 2.17. The fraction of sp³-hybridized carbons (Fsp3) is 0.0833. The molecule has 0 aliphatic rings. The lowest BCUT2D eigenvalue weighted by Gasteiger charge is -2.09. The molecule has 2 nitrogen and oxygen atoms in total. The Morgan fingerprint density at radius 1 is 1.06 bits per heavy atom. The summed E-state index contributed by atoms with van der Waals surface area (Å²) >= 11 is 17.7. The van der Waals surface area contributed by atoms with E-state index in [4.69, 9.17) is 34.8 Å². The van der Waals surface area contributed by atoms with Gasteiger partial charge in [-0.2, -0.15) is 4.39 Å². The van der Waals surface area contributed by atoms with Crippen molar-refractivity contribution in [2.24, 2.45) is 0 Å². The summed E-state index contributed by atoms with van der Waals surface area (Å²) in [5, 5.41) is 10.1. The van der Waals surface area contributed by atoms with Crippen LogP contribution in [-0.4, -0.2) is 10.1 Å². The van der Waals surface area contributed by atoms with Gasteiger partial charge in [-0.3, -0.25) is 0 Å². The molecular weight excluding hydrogens is 299 g/mol. The van der Waals surface area contributed by atoms with Gasteiger partial charge in [-0.25, -0.2) is 4.98 Å². The zero-order valence-electron chi connectivity index (χ0n) is 8.92. The maximum absolute atomic E-state index is 13.2. The largest absolute Gasteiger partial charge is 0.392 e. The standard InChI is InChI=1S/C12H7Cl3FNO/c13-8-4-10(15)9(14)3-7(8)12-6(5-18)1-2-11(16)17-12/h1-4,18H,5H2. The van der Waals surface area contributed by atoms with E-state index in [1.807, 2.05) is 0 Å². The van der Waals surface area contributed by atoms with Gasteiger partial charge in [0.05, 0.1) is 27.4 Å². The summed E-state index contributed by atoms with van der Waals surface area (Å²) in [6.45, 7) is -0.279. The zero-order chi connectivity index (χ0) is 13.3. The molecular formula is C12H7Cl3FNO. The highest BCUT2D eigenvalue weighted by Crippen LogP contribution is 2.35. The van der Waals surface area contributed by atoms with Gasteiger partial charge in [0, 0.05) is 11.1 Å². The molecule has 1 aromatic heterocycles. The molecule has 0 fully saturated rings. The Balaban J connectivity index is 2.68. The van der Waals surface area contributed by atoms with Crippen molar-refractivity contribution in [3.63, 3.8) is 0 Å². The molecule has 0 radical (unpaired) electrons. The van der Waals surface area contributed by atoms with Crippen LogP contribution in [0.3, 0.4) is 0 Å². The number of hydrogen-bond donors (Lipinski definition) is 1. The average Bonchev–Trinajstić information content (AvgIpc) is 2.34. The average molecular weight is 307 g/mol. The molecule has 1 heterocycles. The Hall–Kier alpha value is -0.870. The number of rotatable bonds is 2. The molecule has 6 heteroatoms. The van der Waals surface area contributed by atoms with Crippen LogP contribution in [0.5, 0.6) is 0 Å². The second-order valence-corrected chi connectivity index (χ2v) is 4.77. The predicted octanol–water partition coefficient (Wildman–Crippen LogP) is 4.34. The maximum atomic E-state index is 13.2. The van der Waals surface area contributed by atoms with Crippen LogP contribution >= 0.6 is 34.8 Å². The summed E-state index contributed by atoms with van der Waals surface area (Å²) < 4.78 is 13.2. The first kappa shape index (κ1) is 13.6. The van der Waals surface area contributed by atoms with Crippen molar-refractivity contribution < 1.29 is 9.50 Å².